The first-order valence-corrected chi connectivity index (χ1v) is 12.9. The fourth-order valence-corrected chi connectivity index (χ4v) is 5.09. The van der Waals surface area contributed by atoms with Crippen LogP contribution in [0.25, 0.3) is 6.08 Å². The van der Waals surface area contributed by atoms with E-state index in [1.54, 1.807) is 35.2 Å². The Balaban J connectivity index is 1.50. The van der Waals surface area contributed by atoms with E-state index in [4.69, 9.17) is 21.1 Å². The largest absolute Gasteiger partial charge is 0.490 e. The lowest BCUT2D eigenvalue weighted by molar-refractivity contribution is -0.136. The van der Waals surface area contributed by atoms with Crippen LogP contribution in [0.1, 0.15) is 37.3 Å². The first-order chi connectivity index (χ1) is 17.4. The van der Waals surface area contributed by atoms with E-state index in [0.29, 0.717) is 36.8 Å². The topological polar surface area (TPSA) is 76.2 Å². The second kappa shape index (κ2) is 11.8. The van der Waals surface area contributed by atoms with Crippen LogP contribution in [0.2, 0.25) is 5.02 Å². The van der Waals surface area contributed by atoms with Crippen LogP contribution in [-0.2, 0) is 16.2 Å². The molecule has 36 heavy (non-hydrogen) atoms. The summed E-state index contributed by atoms with van der Waals surface area (Å²) in [5.74, 6) is -0.377. The highest BCUT2D eigenvalue weighted by Crippen LogP contribution is 2.39. The monoisotopic (exact) mass is 532 g/mol. The van der Waals surface area contributed by atoms with Crippen LogP contribution in [0.3, 0.4) is 0 Å². The van der Waals surface area contributed by atoms with Crippen molar-refractivity contribution in [2.45, 2.75) is 32.8 Å². The summed E-state index contributed by atoms with van der Waals surface area (Å²) in [6, 6.07) is 9.20. The number of piperidine rings is 1. The third kappa shape index (κ3) is 6.20. The molecular weight excluding hydrogens is 507 g/mol. The molecule has 0 spiro atoms. The summed E-state index contributed by atoms with van der Waals surface area (Å²) >= 11 is 7.27. The van der Waals surface area contributed by atoms with Gasteiger partial charge in [-0.25, -0.2) is 4.39 Å². The van der Waals surface area contributed by atoms with Crippen LogP contribution in [0, 0.1) is 5.82 Å². The van der Waals surface area contributed by atoms with Gasteiger partial charge < -0.3 is 14.4 Å². The highest BCUT2D eigenvalue weighted by atomic mass is 35.5. The van der Waals surface area contributed by atoms with E-state index in [9.17, 15) is 18.8 Å². The Morgan fingerprint density at radius 3 is 2.53 bits per heavy atom. The number of amides is 3. The molecule has 2 aliphatic heterocycles. The lowest BCUT2D eigenvalue weighted by Gasteiger charge is -2.27. The van der Waals surface area contributed by atoms with E-state index in [1.807, 2.05) is 6.92 Å². The van der Waals surface area contributed by atoms with E-state index < -0.39 is 11.1 Å². The lowest BCUT2D eigenvalue weighted by Crippen LogP contribution is -2.44. The van der Waals surface area contributed by atoms with E-state index in [2.05, 4.69) is 0 Å². The van der Waals surface area contributed by atoms with Crippen molar-refractivity contribution in [1.29, 1.82) is 0 Å². The van der Waals surface area contributed by atoms with Gasteiger partial charge in [-0.05, 0) is 79.4 Å². The Hall–Kier alpha value is -3.04. The van der Waals surface area contributed by atoms with Crippen LogP contribution in [0.5, 0.6) is 11.5 Å². The number of hydrogen-bond acceptors (Lipinski definition) is 6. The fraction of sp³-hybridized carbons (Fsp3) is 0.346. The molecule has 0 aromatic heterocycles. The maximum absolute atomic E-state index is 13.2. The molecule has 2 fully saturated rings. The van der Waals surface area contributed by atoms with Crippen molar-refractivity contribution < 1.29 is 28.2 Å². The first kappa shape index (κ1) is 26.0. The van der Waals surface area contributed by atoms with Gasteiger partial charge in [0.1, 0.15) is 19.0 Å². The number of hydrogen-bond donors (Lipinski definition) is 0. The molecule has 10 heteroatoms. The number of thioether (sulfide) groups is 1. The average molecular weight is 533 g/mol. The van der Waals surface area contributed by atoms with Crippen molar-refractivity contribution in [1.82, 2.24) is 9.80 Å². The Bertz CT molecular complexity index is 1180. The van der Waals surface area contributed by atoms with Gasteiger partial charge >= 0.3 is 0 Å². The molecule has 0 unspecified atom stereocenters. The van der Waals surface area contributed by atoms with Crippen LogP contribution in [0.15, 0.2) is 41.3 Å². The number of halogens is 2. The summed E-state index contributed by atoms with van der Waals surface area (Å²) in [6.45, 7) is 3.36. The Labute approximate surface area is 218 Å². The standard InChI is InChI=1S/C26H26ClFN2O5S/c1-2-34-21-13-18(12-20(27)24(21)35-16-17-6-8-19(28)9-7-17)14-22-25(32)30(26(33)36-22)15-23(31)29-10-4-3-5-11-29/h6-9,12-14H,2-5,10-11,15-16H2,1H3/b22-14-. The predicted molar refractivity (Wildman–Crippen MR) is 136 cm³/mol. The summed E-state index contributed by atoms with van der Waals surface area (Å²) < 4.78 is 24.7. The van der Waals surface area contributed by atoms with E-state index in [-0.39, 0.29) is 34.8 Å². The zero-order valence-corrected chi connectivity index (χ0v) is 21.4. The number of benzene rings is 2. The van der Waals surface area contributed by atoms with Crippen molar-refractivity contribution in [3.05, 3.63) is 63.3 Å². The molecule has 3 amide bonds. The fourth-order valence-electron chi connectivity index (χ4n) is 3.98. The van der Waals surface area contributed by atoms with Crippen LogP contribution in [-0.4, -0.2) is 53.1 Å². The lowest BCUT2D eigenvalue weighted by atomic mass is 10.1. The quantitative estimate of drug-likeness (QED) is 0.417. The van der Waals surface area contributed by atoms with E-state index >= 15 is 0 Å². The summed E-state index contributed by atoms with van der Waals surface area (Å²) in [5.41, 5.74) is 1.30. The molecule has 2 heterocycles. The minimum absolute atomic E-state index is 0.156. The van der Waals surface area contributed by atoms with Crippen molar-refractivity contribution >= 4 is 46.5 Å². The van der Waals surface area contributed by atoms with Crippen molar-refractivity contribution in [3.63, 3.8) is 0 Å². The molecule has 0 N–H and O–H groups in total. The number of ether oxygens (including phenoxy) is 2. The number of likely N-dealkylation sites (tertiary alicyclic amines) is 1. The van der Waals surface area contributed by atoms with E-state index in [1.165, 1.54) is 12.1 Å². The number of rotatable bonds is 8. The highest BCUT2D eigenvalue weighted by molar-refractivity contribution is 8.18. The molecule has 2 aliphatic rings. The summed E-state index contributed by atoms with van der Waals surface area (Å²) in [6.07, 6.45) is 4.49. The zero-order valence-electron chi connectivity index (χ0n) is 19.8. The van der Waals surface area contributed by atoms with Crippen molar-refractivity contribution in [2.24, 2.45) is 0 Å². The van der Waals surface area contributed by atoms with Gasteiger partial charge in [-0.2, -0.15) is 0 Å². The molecule has 0 aliphatic carbocycles. The minimum Gasteiger partial charge on any atom is -0.490 e. The molecule has 4 rings (SSSR count). The number of carbonyl (C=O) groups is 3. The van der Waals surface area contributed by atoms with Gasteiger partial charge in [0.2, 0.25) is 5.91 Å². The van der Waals surface area contributed by atoms with Gasteiger partial charge in [0, 0.05) is 13.1 Å². The maximum Gasteiger partial charge on any atom is 0.294 e. The second-order valence-electron chi connectivity index (χ2n) is 8.39. The van der Waals surface area contributed by atoms with Gasteiger partial charge in [-0.1, -0.05) is 23.7 Å². The molecule has 190 valence electrons. The van der Waals surface area contributed by atoms with Crippen LogP contribution < -0.4 is 9.47 Å². The van der Waals surface area contributed by atoms with Crippen LogP contribution >= 0.6 is 23.4 Å². The van der Waals surface area contributed by atoms with Gasteiger partial charge in [-0.15, -0.1) is 0 Å². The Morgan fingerprint density at radius 1 is 1.11 bits per heavy atom. The molecule has 0 radical (unpaired) electrons. The Morgan fingerprint density at radius 2 is 1.83 bits per heavy atom. The molecule has 7 nitrogen and oxygen atoms in total. The minimum atomic E-state index is -0.513. The third-order valence-electron chi connectivity index (χ3n) is 5.80. The number of nitrogens with zero attached hydrogens (tertiary/aromatic N) is 2. The van der Waals surface area contributed by atoms with E-state index in [0.717, 1.165) is 41.5 Å². The normalized spacial score (nSPS) is 17.1. The number of carbonyl (C=O) groups excluding carboxylic acids is 3. The molecule has 2 saturated heterocycles. The third-order valence-corrected chi connectivity index (χ3v) is 6.99. The molecular formula is C26H26ClFN2O5S. The maximum atomic E-state index is 13.2. The highest BCUT2D eigenvalue weighted by Gasteiger charge is 2.37. The second-order valence-corrected chi connectivity index (χ2v) is 9.79. The molecule has 2 aromatic rings. The van der Waals surface area contributed by atoms with Crippen LogP contribution in [0.4, 0.5) is 9.18 Å². The van der Waals surface area contributed by atoms with Gasteiger partial charge in [-0.3, -0.25) is 19.3 Å². The average Bonchev–Trinajstić information content (AvgIpc) is 3.12. The first-order valence-electron chi connectivity index (χ1n) is 11.7. The zero-order chi connectivity index (χ0) is 25.7. The number of imide groups is 1. The predicted octanol–water partition coefficient (Wildman–Crippen LogP) is 5.51. The molecule has 0 bridgehead atoms. The molecule has 0 saturated carbocycles. The molecule has 2 aromatic carbocycles. The van der Waals surface area contributed by atoms with Gasteiger partial charge in [0.15, 0.2) is 11.5 Å². The summed E-state index contributed by atoms with van der Waals surface area (Å²) in [5, 5.41) is -0.221. The summed E-state index contributed by atoms with van der Waals surface area (Å²) in [4.78, 5) is 40.9. The Kier molecular flexibility index (Phi) is 8.53. The van der Waals surface area contributed by atoms with Gasteiger partial charge in [0.25, 0.3) is 11.1 Å². The van der Waals surface area contributed by atoms with Gasteiger partial charge in [0.05, 0.1) is 16.5 Å². The SMILES string of the molecule is CCOc1cc(/C=C2\SC(=O)N(CC(=O)N3CCCCC3)C2=O)cc(Cl)c1OCc1ccc(F)cc1. The van der Waals surface area contributed by atoms with Crippen molar-refractivity contribution in [2.75, 3.05) is 26.2 Å². The smallest absolute Gasteiger partial charge is 0.294 e. The molecule has 0 atom stereocenters. The summed E-state index contributed by atoms with van der Waals surface area (Å²) in [7, 11) is 0. The van der Waals surface area contributed by atoms with Crippen molar-refractivity contribution in [3.8, 4) is 11.5 Å².